The average Bonchev–Trinajstić information content (AvgIpc) is 3.03. The Bertz CT molecular complexity index is 720. The molecule has 0 unspecified atom stereocenters. The van der Waals surface area contributed by atoms with Gasteiger partial charge in [0.05, 0.1) is 16.9 Å². The minimum atomic E-state index is -0.258. The van der Waals surface area contributed by atoms with Gasteiger partial charge in [-0.2, -0.15) is 10.4 Å². The van der Waals surface area contributed by atoms with Crippen LogP contribution >= 0.6 is 11.3 Å². The maximum Gasteiger partial charge on any atom is 0.268 e. The number of nitrogens with one attached hydrogen (secondary N) is 2. The van der Waals surface area contributed by atoms with Crippen LogP contribution < -0.4 is 5.32 Å². The molecule has 0 spiro atoms. The number of thiazole rings is 1. The molecule has 0 saturated heterocycles. The monoisotopic (exact) mass is 301 g/mol. The first-order valence-corrected chi connectivity index (χ1v) is 7.72. The van der Waals surface area contributed by atoms with E-state index in [1.165, 1.54) is 11.3 Å². The SMILES string of the molecule is CC(C)c1ncsc1C(=O)Nc1n[nH]c(C2CC2)c1C#N. The van der Waals surface area contributed by atoms with E-state index in [1.54, 1.807) is 5.51 Å². The molecular formula is C14H15N5OS. The Labute approximate surface area is 126 Å². The Morgan fingerprint density at radius 1 is 1.57 bits per heavy atom. The molecule has 0 bridgehead atoms. The van der Waals surface area contributed by atoms with Crippen molar-refractivity contribution < 1.29 is 4.79 Å². The molecule has 0 aliphatic heterocycles. The van der Waals surface area contributed by atoms with Crippen molar-refractivity contribution in [2.24, 2.45) is 0 Å². The Kier molecular flexibility index (Phi) is 3.47. The lowest BCUT2D eigenvalue weighted by Crippen LogP contribution is -2.14. The minimum absolute atomic E-state index is 0.175. The Morgan fingerprint density at radius 2 is 2.33 bits per heavy atom. The van der Waals surface area contributed by atoms with E-state index in [0.717, 1.165) is 24.2 Å². The standard InChI is InChI=1S/C14H15N5OS/c1-7(2)10-12(21-6-16-10)14(20)17-13-9(5-15)11(18-19-13)8-3-4-8/h6-8H,3-4H2,1-2H3,(H2,17,18,19,20). The molecule has 2 N–H and O–H groups in total. The molecule has 2 heterocycles. The number of carbonyl (C=O) groups is 1. The third-order valence-electron chi connectivity index (χ3n) is 3.47. The molecule has 7 heteroatoms. The van der Waals surface area contributed by atoms with Gasteiger partial charge in [-0.25, -0.2) is 4.98 Å². The predicted octanol–water partition coefficient (Wildman–Crippen LogP) is 2.99. The zero-order valence-corrected chi connectivity index (χ0v) is 12.6. The molecule has 1 saturated carbocycles. The second-order valence-electron chi connectivity index (χ2n) is 5.42. The summed E-state index contributed by atoms with van der Waals surface area (Å²) < 4.78 is 0. The van der Waals surface area contributed by atoms with E-state index in [0.29, 0.717) is 22.2 Å². The van der Waals surface area contributed by atoms with Crippen LogP contribution in [0.25, 0.3) is 0 Å². The molecule has 1 aliphatic rings. The van der Waals surface area contributed by atoms with E-state index in [9.17, 15) is 10.1 Å². The molecule has 108 valence electrons. The van der Waals surface area contributed by atoms with Crippen LogP contribution in [-0.2, 0) is 0 Å². The fourth-order valence-corrected chi connectivity index (χ4v) is 3.07. The Hall–Kier alpha value is -2.20. The first-order chi connectivity index (χ1) is 10.1. The van der Waals surface area contributed by atoms with Gasteiger partial charge in [-0.3, -0.25) is 9.89 Å². The van der Waals surface area contributed by atoms with Gasteiger partial charge < -0.3 is 5.32 Å². The van der Waals surface area contributed by atoms with Crippen LogP contribution in [0.1, 0.15) is 65.1 Å². The molecule has 3 rings (SSSR count). The van der Waals surface area contributed by atoms with Gasteiger partial charge in [0, 0.05) is 5.92 Å². The summed E-state index contributed by atoms with van der Waals surface area (Å²) in [7, 11) is 0. The zero-order valence-electron chi connectivity index (χ0n) is 11.8. The van der Waals surface area contributed by atoms with Gasteiger partial charge >= 0.3 is 0 Å². The van der Waals surface area contributed by atoms with Crippen molar-refractivity contribution in [3.05, 3.63) is 27.3 Å². The van der Waals surface area contributed by atoms with Crippen molar-refractivity contribution in [1.29, 1.82) is 5.26 Å². The summed E-state index contributed by atoms with van der Waals surface area (Å²) in [4.78, 5) is 17.2. The minimum Gasteiger partial charge on any atom is -0.303 e. The summed E-state index contributed by atoms with van der Waals surface area (Å²) in [5.41, 5.74) is 3.71. The summed E-state index contributed by atoms with van der Waals surface area (Å²) in [6.45, 7) is 3.98. The van der Waals surface area contributed by atoms with Gasteiger partial charge in [-0.05, 0) is 18.8 Å². The lowest BCUT2D eigenvalue weighted by Gasteiger charge is -2.05. The van der Waals surface area contributed by atoms with Crippen LogP contribution in [0.5, 0.6) is 0 Å². The summed E-state index contributed by atoms with van der Waals surface area (Å²) >= 11 is 1.30. The number of hydrogen-bond acceptors (Lipinski definition) is 5. The summed E-state index contributed by atoms with van der Waals surface area (Å²) in [6.07, 6.45) is 2.13. The number of aromatic amines is 1. The van der Waals surface area contributed by atoms with Crippen LogP contribution in [0, 0.1) is 11.3 Å². The normalized spacial score (nSPS) is 14.2. The molecule has 1 fully saturated rings. The van der Waals surface area contributed by atoms with E-state index in [1.807, 2.05) is 13.8 Å². The number of nitrogens with zero attached hydrogens (tertiary/aromatic N) is 3. The zero-order chi connectivity index (χ0) is 15.0. The van der Waals surface area contributed by atoms with Gasteiger partial charge in [0.25, 0.3) is 5.91 Å². The fourth-order valence-electron chi connectivity index (χ4n) is 2.23. The van der Waals surface area contributed by atoms with Crippen molar-refractivity contribution in [2.75, 3.05) is 5.32 Å². The quantitative estimate of drug-likeness (QED) is 0.907. The van der Waals surface area contributed by atoms with Crippen molar-refractivity contribution in [3.8, 4) is 6.07 Å². The van der Waals surface area contributed by atoms with Gasteiger partial charge in [0.2, 0.25) is 0 Å². The largest absolute Gasteiger partial charge is 0.303 e. The van der Waals surface area contributed by atoms with Crippen LogP contribution in [-0.4, -0.2) is 21.1 Å². The van der Waals surface area contributed by atoms with Crippen LogP contribution in [0.3, 0.4) is 0 Å². The first-order valence-electron chi connectivity index (χ1n) is 6.85. The van der Waals surface area contributed by atoms with Crippen molar-refractivity contribution in [3.63, 3.8) is 0 Å². The molecule has 6 nitrogen and oxygen atoms in total. The lowest BCUT2D eigenvalue weighted by atomic mass is 10.1. The number of anilines is 1. The highest BCUT2D eigenvalue weighted by atomic mass is 32.1. The highest BCUT2D eigenvalue weighted by Crippen LogP contribution is 2.41. The highest BCUT2D eigenvalue weighted by molar-refractivity contribution is 7.12. The van der Waals surface area contributed by atoms with E-state index >= 15 is 0 Å². The topological polar surface area (TPSA) is 94.5 Å². The molecule has 21 heavy (non-hydrogen) atoms. The van der Waals surface area contributed by atoms with Crippen LogP contribution in [0.4, 0.5) is 5.82 Å². The number of carbonyl (C=O) groups excluding carboxylic acids is 1. The maximum absolute atomic E-state index is 12.4. The Balaban J connectivity index is 1.85. The molecule has 1 amide bonds. The van der Waals surface area contributed by atoms with Crippen molar-refractivity contribution in [1.82, 2.24) is 15.2 Å². The van der Waals surface area contributed by atoms with Gasteiger partial charge in [0.15, 0.2) is 5.82 Å². The van der Waals surface area contributed by atoms with Crippen LogP contribution in [0.2, 0.25) is 0 Å². The van der Waals surface area contributed by atoms with E-state index < -0.39 is 0 Å². The van der Waals surface area contributed by atoms with Gasteiger partial charge in [-0.1, -0.05) is 13.8 Å². The van der Waals surface area contributed by atoms with Gasteiger partial charge in [-0.15, -0.1) is 11.3 Å². The number of rotatable bonds is 4. The number of H-pyrrole nitrogens is 1. The Morgan fingerprint density at radius 3 is 2.95 bits per heavy atom. The number of aromatic nitrogens is 3. The maximum atomic E-state index is 12.4. The van der Waals surface area contributed by atoms with Crippen molar-refractivity contribution >= 4 is 23.1 Å². The molecule has 2 aromatic rings. The summed E-state index contributed by atoms with van der Waals surface area (Å²) in [5.74, 6) is 0.611. The predicted molar refractivity (Wildman–Crippen MR) is 79.4 cm³/mol. The number of hydrogen-bond donors (Lipinski definition) is 2. The van der Waals surface area contributed by atoms with Gasteiger partial charge in [0.1, 0.15) is 16.5 Å². The third kappa shape index (κ3) is 2.54. The van der Waals surface area contributed by atoms with Crippen LogP contribution in [0.15, 0.2) is 5.51 Å². The summed E-state index contributed by atoms with van der Waals surface area (Å²) in [6, 6.07) is 2.13. The molecule has 0 atom stereocenters. The second-order valence-corrected chi connectivity index (χ2v) is 6.28. The second kappa shape index (κ2) is 5.30. The fraction of sp³-hybridized carbons (Fsp3) is 0.429. The van der Waals surface area contributed by atoms with E-state index in [-0.39, 0.29) is 11.8 Å². The smallest absolute Gasteiger partial charge is 0.268 e. The van der Waals surface area contributed by atoms with E-state index in [2.05, 4.69) is 26.6 Å². The molecule has 1 aliphatic carbocycles. The molecular weight excluding hydrogens is 286 g/mol. The highest BCUT2D eigenvalue weighted by Gasteiger charge is 2.30. The average molecular weight is 301 g/mol. The molecule has 0 aromatic carbocycles. The molecule has 0 radical (unpaired) electrons. The van der Waals surface area contributed by atoms with Crippen molar-refractivity contribution in [2.45, 2.75) is 38.5 Å². The number of nitriles is 1. The number of amides is 1. The third-order valence-corrected chi connectivity index (χ3v) is 4.31. The van der Waals surface area contributed by atoms with E-state index in [4.69, 9.17) is 0 Å². The lowest BCUT2D eigenvalue weighted by molar-refractivity contribution is 0.102. The first kappa shape index (κ1) is 13.8. The summed E-state index contributed by atoms with van der Waals surface area (Å²) in [5, 5.41) is 19.0. The molecule has 2 aromatic heterocycles.